The highest BCUT2D eigenvalue weighted by molar-refractivity contribution is 6.33. The van der Waals surface area contributed by atoms with Crippen molar-refractivity contribution in [3.05, 3.63) is 68.7 Å². The Labute approximate surface area is 128 Å². The molecule has 2 aromatic rings. The van der Waals surface area contributed by atoms with Gasteiger partial charge in [0.15, 0.2) is 0 Å². The topological polar surface area (TPSA) is 12.0 Å². The highest BCUT2D eigenvalue weighted by Crippen LogP contribution is 2.27. The zero-order chi connectivity index (χ0) is 13.8. The molecule has 0 amide bonds. The molecule has 0 fully saturated rings. The SMILES string of the molecule is CNC(Cc1cc(Cl)ccc1Cl)c1cccc(Cl)c1. The molecule has 19 heavy (non-hydrogen) atoms. The van der Waals surface area contributed by atoms with Crippen molar-refractivity contribution in [1.29, 1.82) is 0 Å². The van der Waals surface area contributed by atoms with E-state index in [-0.39, 0.29) is 6.04 Å². The Morgan fingerprint density at radius 2 is 1.74 bits per heavy atom. The molecule has 4 heteroatoms. The number of benzene rings is 2. The molecule has 0 spiro atoms. The van der Waals surface area contributed by atoms with Crippen LogP contribution in [0.25, 0.3) is 0 Å². The first kappa shape index (κ1) is 14.7. The second-order valence-corrected chi connectivity index (χ2v) is 5.62. The number of hydrogen-bond donors (Lipinski definition) is 1. The normalized spacial score (nSPS) is 12.4. The predicted molar refractivity (Wildman–Crippen MR) is 83.4 cm³/mol. The molecule has 0 bridgehead atoms. The Balaban J connectivity index is 2.26. The Morgan fingerprint density at radius 1 is 1.00 bits per heavy atom. The van der Waals surface area contributed by atoms with Crippen molar-refractivity contribution in [1.82, 2.24) is 5.32 Å². The molecule has 0 radical (unpaired) electrons. The summed E-state index contributed by atoms with van der Waals surface area (Å²) in [7, 11) is 1.92. The number of halogens is 3. The fourth-order valence-corrected chi connectivity index (χ4v) is 2.62. The first-order valence-electron chi connectivity index (χ1n) is 5.97. The molecule has 0 saturated carbocycles. The van der Waals surface area contributed by atoms with Gasteiger partial charge in [-0.15, -0.1) is 0 Å². The van der Waals surface area contributed by atoms with Crippen LogP contribution in [0.1, 0.15) is 17.2 Å². The average Bonchev–Trinajstić information content (AvgIpc) is 2.39. The van der Waals surface area contributed by atoms with Crippen LogP contribution in [0.2, 0.25) is 15.1 Å². The highest BCUT2D eigenvalue weighted by atomic mass is 35.5. The summed E-state index contributed by atoms with van der Waals surface area (Å²) in [6, 6.07) is 13.5. The van der Waals surface area contributed by atoms with Crippen LogP contribution in [0.5, 0.6) is 0 Å². The fraction of sp³-hybridized carbons (Fsp3) is 0.200. The molecular formula is C15H14Cl3N. The van der Waals surface area contributed by atoms with E-state index in [0.717, 1.165) is 27.6 Å². The summed E-state index contributed by atoms with van der Waals surface area (Å²) in [4.78, 5) is 0. The summed E-state index contributed by atoms with van der Waals surface area (Å²) in [5, 5.41) is 5.43. The van der Waals surface area contributed by atoms with E-state index in [1.54, 1.807) is 6.07 Å². The summed E-state index contributed by atoms with van der Waals surface area (Å²) < 4.78 is 0. The predicted octanol–water partition coefficient (Wildman–Crippen LogP) is 5.15. The van der Waals surface area contributed by atoms with E-state index in [1.165, 1.54) is 0 Å². The van der Waals surface area contributed by atoms with Crippen molar-refractivity contribution in [2.45, 2.75) is 12.5 Å². The van der Waals surface area contributed by atoms with Gasteiger partial charge in [0.25, 0.3) is 0 Å². The van der Waals surface area contributed by atoms with Gasteiger partial charge in [0.2, 0.25) is 0 Å². The lowest BCUT2D eigenvalue weighted by molar-refractivity contribution is 0.592. The van der Waals surface area contributed by atoms with E-state index in [1.807, 2.05) is 43.4 Å². The number of hydrogen-bond acceptors (Lipinski definition) is 1. The highest BCUT2D eigenvalue weighted by Gasteiger charge is 2.12. The second kappa shape index (κ2) is 6.62. The number of nitrogens with one attached hydrogen (secondary N) is 1. The van der Waals surface area contributed by atoms with Gasteiger partial charge in [-0.2, -0.15) is 0 Å². The van der Waals surface area contributed by atoms with Gasteiger partial charge >= 0.3 is 0 Å². The lowest BCUT2D eigenvalue weighted by Crippen LogP contribution is -2.19. The van der Waals surface area contributed by atoms with Crippen molar-refractivity contribution in [3.8, 4) is 0 Å². The lowest BCUT2D eigenvalue weighted by atomic mass is 9.99. The van der Waals surface area contributed by atoms with Gasteiger partial charge in [0.05, 0.1) is 0 Å². The fourth-order valence-electron chi connectivity index (χ4n) is 2.03. The Hall–Kier alpha value is -0.730. The molecule has 0 aromatic heterocycles. The maximum absolute atomic E-state index is 6.20. The van der Waals surface area contributed by atoms with Gasteiger partial charge in [0, 0.05) is 21.1 Å². The first-order valence-corrected chi connectivity index (χ1v) is 7.10. The zero-order valence-corrected chi connectivity index (χ0v) is 12.7. The van der Waals surface area contributed by atoms with Gasteiger partial charge < -0.3 is 5.32 Å². The van der Waals surface area contributed by atoms with E-state index < -0.39 is 0 Å². The third kappa shape index (κ3) is 3.87. The van der Waals surface area contributed by atoms with Crippen LogP contribution in [0.15, 0.2) is 42.5 Å². The van der Waals surface area contributed by atoms with E-state index in [2.05, 4.69) is 5.32 Å². The quantitative estimate of drug-likeness (QED) is 0.823. The third-order valence-electron chi connectivity index (χ3n) is 3.03. The van der Waals surface area contributed by atoms with Crippen LogP contribution < -0.4 is 5.32 Å². The largest absolute Gasteiger partial charge is 0.313 e. The van der Waals surface area contributed by atoms with Gasteiger partial charge in [-0.1, -0.05) is 46.9 Å². The molecule has 1 N–H and O–H groups in total. The van der Waals surface area contributed by atoms with E-state index in [4.69, 9.17) is 34.8 Å². The third-order valence-corrected chi connectivity index (χ3v) is 3.87. The van der Waals surface area contributed by atoms with Crippen LogP contribution in [0.3, 0.4) is 0 Å². The maximum atomic E-state index is 6.20. The van der Waals surface area contributed by atoms with Crippen molar-refractivity contribution >= 4 is 34.8 Å². The van der Waals surface area contributed by atoms with Crippen molar-refractivity contribution in [2.75, 3.05) is 7.05 Å². The minimum absolute atomic E-state index is 0.148. The second-order valence-electron chi connectivity index (χ2n) is 4.34. The molecule has 1 unspecified atom stereocenters. The van der Waals surface area contributed by atoms with Gasteiger partial charge in [-0.3, -0.25) is 0 Å². The Morgan fingerprint density at radius 3 is 2.42 bits per heavy atom. The van der Waals surface area contributed by atoms with Crippen LogP contribution >= 0.6 is 34.8 Å². The monoisotopic (exact) mass is 313 g/mol. The molecule has 100 valence electrons. The Bertz CT molecular complexity index is 569. The number of rotatable bonds is 4. The molecular weight excluding hydrogens is 301 g/mol. The van der Waals surface area contributed by atoms with Crippen LogP contribution in [-0.4, -0.2) is 7.05 Å². The molecule has 0 saturated heterocycles. The van der Waals surface area contributed by atoms with Crippen molar-refractivity contribution in [3.63, 3.8) is 0 Å². The lowest BCUT2D eigenvalue weighted by Gasteiger charge is -2.18. The van der Waals surface area contributed by atoms with Crippen LogP contribution in [-0.2, 0) is 6.42 Å². The van der Waals surface area contributed by atoms with E-state index in [9.17, 15) is 0 Å². The molecule has 1 atom stereocenters. The maximum Gasteiger partial charge on any atom is 0.0439 e. The first-order chi connectivity index (χ1) is 9.10. The van der Waals surface area contributed by atoms with Crippen LogP contribution in [0, 0.1) is 0 Å². The molecule has 2 rings (SSSR count). The smallest absolute Gasteiger partial charge is 0.0439 e. The van der Waals surface area contributed by atoms with Crippen molar-refractivity contribution in [2.24, 2.45) is 0 Å². The molecule has 2 aromatic carbocycles. The Kier molecular flexibility index (Phi) is 5.12. The molecule has 0 aliphatic carbocycles. The van der Waals surface area contributed by atoms with Gasteiger partial charge in [-0.05, 0) is 54.9 Å². The standard InChI is InChI=1S/C15H14Cl3N/c1-19-15(10-3-2-4-12(16)7-10)9-11-8-13(17)5-6-14(11)18/h2-8,15,19H,9H2,1H3. The summed E-state index contributed by atoms with van der Waals surface area (Å²) >= 11 is 18.2. The summed E-state index contributed by atoms with van der Waals surface area (Å²) in [5.74, 6) is 0. The van der Waals surface area contributed by atoms with Crippen LogP contribution in [0.4, 0.5) is 0 Å². The minimum Gasteiger partial charge on any atom is -0.313 e. The van der Waals surface area contributed by atoms with Gasteiger partial charge in [0.1, 0.15) is 0 Å². The minimum atomic E-state index is 0.148. The number of likely N-dealkylation sites (N-methyl/N-ethyl adjacent to an activating group) is 1. The molecule has 0 aliphatic heterocycles. The van der Waals surface area contributed by atoms with E-state index >= 15 is 0 Å². The van der Waals surface area contributed by atoms with Crippen molar-refractivity contribution < 1.29 is 0 Å². The molecule has 0 aliphatic rings. The van der Waals surface area contributed by atoms with Gasteiger partial charge in [-0.25, -0.2) is 0 Å². The summed E-state index contributed by atoms with van der Waals surface area (Å²) in [6.45, 7) is 0. The summed E-state index contributed by atoms with van der Waals surface area (Å²) in [6.07, 6.45) is 0.760. The zero-order valence-electron chi connectivity index (χ0n) is 10.5. The molecule has 1 nitrogen and oxygen atoms in total. The van der Waals surface area contributed by atoms with E-state index in [0.29, 0.717) is 5.02 Å². The average molecular weight is 315 g/mol. The summed E-state index contributed by atoms with van der Waals surface area (Å²) in [5.41, 5.74) is 2.15. The molecule has 0 heterocycles.